The third-order valence-corrected chi connectivity index (χ3v) is 4.54. The first kappa shape index (κ1) is 16.9. The lowest BCUT2D eigenvalue weighted by Gasteiger charge is -2.11. The van der Waals surface area contributed by atoms with E-state index in [1.54, 1.807) is 0 Å². The van der Waals surface area contributed by atoms with Crippen LogP contribution in [0.5, 0.6) is 0 Å². The van der Waals surface area contributed by atoms with Crippen molar-refractivity contribution in [1.29, 1.82) is 0 Å². The molecule has 0 spiro atoms. The fourth-order valence-electron chi connectivity index (χ4n) is 3.31. The van der Waals surface area contributed by atoms with Gasteiger partial charge in [-0.1, -0.05) is 84.9 Å². The Morgan fingerprint density at radius 1 is 0.815 bits per heavy atom. The molecule has 0 atom stereocenters. The molecule has 0 saturated heterocycles. The molecule has 130 valence electrons. The zero-order valence-corrected chi connectivity index (χ0v) is 15.0. The minimum absolute atomic E-state index is 0.801. The van der Waals surface area contributed by atoms with Gasteiger partial charge in [0.25, 0.3) is 0 Å². The molecule has 0 amide bonds. The quantitative estimate of drug-likeness (QED) is 0.314. The topological polar surface area (TPSA) is 25.2 Å². The first-order chi connectivity index (χ1) is 13.4. The molecule has 4 rings (SSSR count). The lowest BCUT2D eigenvalue weighted by molar-refractivity contribution is 1.28. The zero-order valence-electron chi connectivity index (χ0n) is 15.0. The molecular formula is C25H20N2. The van der Waals surface area contributed by atoms with E-state index < -0.39 is 0 Å². The van der Waals surface area contributed by atoms with E-state index in [1.807, 2.05) is 54.9 Å². The summed E-state index contributed by atoms with van der Waals surface area (Å²) in [7, 11) is 0. The summed E-state index contributed by atoms with van der Waals surface area (Å²) in [6.45, 7) is 3.90. The van der Waals surface area contributed by atoms with Crippen LogP contribution in [0, 0.1) is 0 Å². The summed E-state index contributed by atoms with van der Waals surface area (Å²) in [4.78, 5) is 9.51. The van der Waals surface area contributed by atoms with Crippen molar-refractivity contribution < 1.29 is 0 Å². The Labute approximate surface area is 159 Å². The van der Waals surface area contributed by atoms with Gasteiger partial charge in [0, 0.05) is 28.1 Å². The number of benzene rings is 3. The summed E-state index contributed by atoms with van der Waals surface area (Å²) in [5.41, 5.74) is 5.21. The van der Waals surface area contributed by atoms with Gasteiger partial charge in [0.05, 0.1) is 17.6 Å². The van der Waals surface area contributed by atoms with E-state index in [4.69, 9.17) is 4.99 Å². The number of aliphatic imine (C=N–C) groups is 1. The predicted molar refractivity (Wildman–Crippen MR) is 114 cm³/mol. The number of nitrogens with zero attached hydrogens (tertiary/aromatic N) is 2. The second-order valence-electron chi connectivity index (χ2n) is 6.36. The van der Waals surface area contributed by atoms with Crippen LogP contribution in [-0.2, 0) is 6.42 Å². The highest BCUT2D eigenvalue weighted by atomic mass is 14.8. The average Bonchev–Trinajstić information content (AvgIpc) is 2.73. The molecule has 0 aliphatic heterocycles. The SMILES string of the molecule is C=CCc1cccc2cncc(N=C(c3ccccc3)c3ccccc3)c12. The van der Waals surface area contributed by atoms with Crippen LogP contribution >= 0.6 is 0 Å². The van der Waals surface area contributed by atoms with Crippen LogP contribution in [0.2, 0.25) is 0 Å². The number of fused-ring (bicyclic) bond motifs is 1. The van der Waals surface area contributed by atoms with Crippen molar-refractivity contribution in [3.63, 3.8) is 0 Å². The molecule has 4 aromatic rings. The van der Waals surface area contributed by atoms with Crippen molar-refractivity contribution in [2.45, 2.75) is 6.42 Å². The molecule has 3 aromatic carbocycles. The van der Waals surface area contributed by atoms with Crippen molar-refractivity contribution in [2.24, 2.45) is 4.99 Å². The fourth-order valence-corrected chi connectivity index (χ4v) is 3.31. The Balaban J connectivity index is 1.97. The largest absolute Gasteiger partial charge is 0.262 e. The monoisotopic (exact) mass is 348 g/mol. The molecular weight excluding hydrogens is 328 g/mol. The van der Waals surface area contributed by atoms with Crippen molar-refractivity contribution in [3.8, 4) is 0 Å². The van der Waals surface area contributed by atoms with Crippen LogP contribution in [0.1, 0.15) is 16.7 Å². The summed E-state index contributed by atoms with van der Waals surface area (Å²) in [6, 6.07) is 26.8. The summed E-state index contributed by atoms with van der Waals surface area (Å²) < 4.78 is 0. The summed E-state index contributed by atoms with van der Waals surface area (Å²) in [5.74, 6) is 0. The predicted octanol–water partition coefficient (Wildman–Crippen LogP) is 6.13. The standard InChI is InChI=1S/C25H20N2/c1-2-10-19-15-9-16-22-17-26-18-23(24(19)22)27-25(20-11-5-3-6-12-20)21-13-7-4-8-14-21/h2-9,11-18H,1,10H2. The third kappa shape index (κ3) is 3.56. The Bertz CT molecular complexity index is 1050. The Morgan fingerprint density at radius 3 is 2.11 bits per heavy atom. The van der Waals surface area contributed by atoms with Crippen LogP contribution in [0.3, 0.4) is 0 Å². The first-order valence-corrected chi connectivity index (χ1v) is 9.03. The summed E-state index contributed by atoms with van der Waals surface area (Å²) in [5, 5.41) is 2.23. The molecule has 1 heterocycles. The number of aromatic nitrogens is 1. The van der Waals surface area contributed by atoms with Gasteiger partial charge in [0.15, 0.2) is 0 Å². The Morgan fingerprint density at radius 2 is 1.48 bits per heavy atom. The minimum Gasteiger partial charge on any atom is -0.262 e. The summed E-state index contributed by atoms with van der Waals surface area (Å²) in [6.07, 6.45) is 6.47. The molecule has 0 radical (unpaired) electrons. The van der Waals surface area contributed by atoms with Crippen LogP contribution in [0.15, 0.2) is 109 Å². The van der Waals surface area contributed by atoms with Crippen LogP contribution in [0.4, 0.5) is 5.69 Å². The molecule has 1 aromatic heterocycles. The van der Waals surface area contributed by atoms with Gasteiger partial charge in [-0.3, -0.25) is 4.98 Å². The number of hydrogen-bond donors (Lipinski definition) is 0. The molecule has 0 fully saturated rings. The van der Waals surface area contributed by atoms with E-state index in [9.17, 15) is 0 Å². The maximum absolute atomic E-state index is 5.09. The maximum atomic E-state index is 5.09. The van der Waals surface area contributed by atoms with Crippen molar-refractivity contribution in [1.82, 2.24) is 4.98 Å². The highest BCUT2D eigenvalue weighted by Gasteiger charge is 2.10. The maximum Gasteiger partial charge on any atom is 0.0901 e. The fraction of sp³-hybridized carbons (Fsp3) is 0.0400. The van der Waals surface area contributed by atoms with E-state index in [0.717, 1.165) is 39.7 Å². The van der Waals surface area contributed by atoms with E-state index in [0.29, 0.717) is 0 Å². The number of rotatable bonds is 5. The van der Waals surface area contributed by atoms with E-state index >= 15 is 0 Å². The number of pyridine rings is 1. The molecule has 0 saturated carbocycles. The summed E-state index contributed by atoms with van der Waals surface area (Å²) >= 11 is 0. The highest BCUT2D eigenvalue weighted by Crippen LogP contribution is 2.30. The Kier molecular flexibility index (Phi) is 4.88. The lowest BCUT2D eigenvalue weighted by Crippen LogP contribution is -2.02. The second kappa shape index (κ2) is 7.79. The highest BCUT2D eigenvalue weighted by molar-refractivity contribution is 6.15. The van der Waals surface area contributed by atoms with Crippen LogP contribution in [-0.4, -0.2) is 10.7 Å². The van der Waals surface area contributed by atoms with Crippen molar-refractivity contribution in [2.75, 3.05) is 0 Å². The smallest absolute Gasteiger partial charge is 0.0901 e. The molecule has 27 heavy (non-hydrogen) atoms. The van der Waals surface area contributed by atoms with E-state index in [1.165, 1.54) is 5.56 Å². The van der Waals surface area contributed by atoms with Gasteiger partial charge < -0.3 is 0 Å². The van der Waals surface area contributed by atoms with Crippen molar-refractivity contribution in [3.05, 3.63) is 121 Å². The molecule has 0 aliphatic carbocycles. The molecule has 0 aliphatic rings. The van der Waals surface area contributed by atoms with Crippen LogP contribution in [0.25, 0.3) is 10.8 Å². The average molecular weight is 348 g/mol. The van der Waals surface area contributed by atoms with E-state index in [2.05, 4.69) is 54.0 Å². The molecule has 0 N–H and O–H groups in total. The van der Waals surface area contributed by atoms with Gasteiger partial charge in [-0.05, 0) is 12.0 Å². The van der Waals surface area contributed by atoms with Gasteiger partial charge >= 0.3 is 0 Å². The second-order valence-corrected chi connectivity index (χ2v) is 6.36. The van der Waals surface area contributed by atoms with Crippen molar-refractivity contribution >= 4 is 22.2 Å². The zero-order chi connectivity index (χ0) is 18.5. The van der Waals surface area contributed by atoms with Gasteiger partial charge in [0.1, 0.15) is 0 Å². The lowest BCUT2D eigenvalue weighted by atomic mass is 10.0. The van der Waals surface area contributed by atoms with Crippen LogP contribution < -0.4 is 0 Å². The number of allylic oxidation sites excluding steroid dienone is 1. The van der Waals surface area contributed by atoms with Gasteiger partial charge in [-0.25, -0.2) is 4.99 Å². The normalized spacial score (nSPS) is 10.5. The van der Waals surface area contributed by atoms with Gasteiger partial charge in [0.2, 0.25) is 0 Å². The Hall–Kier alpha value is -3.52. The van der Waals surface area contributed by atoms with Gasteiger partial charge in [-0.15, -0.1) is 6.58 Å². The first-order valence-electron chi connectivity index (χ1n) is 9.03. The third-order valence-electron chi connectivity index (χ3n) is 4.54. The molecule has 2 nitrogen and oxygen atoms in total. The minimum atomic E-state index is 0.801. The molecule has 0 bridgehead atoms. The molecule has 2 heteroatoms. The van der Waals surface area contributed by atoms with Gasteiger partial charge in [-0.2, -0.15) is 0 Å². The molecule has 0 unspecified atom stereocenters. The number of hydrogen-bond acceptors (Lipinski definition) is 2. The van der Waals surface area contributed by atoms with E-state index in [-0.39, 0.29) is 0 Å².